The number of anilines is 2. The van der Waals surface area contributed by atoms with E-state index < -0.39 is 205 Å². The number of carbonyl (C=O) groups is 15. The van der Waals surface area contributed by atoms with E-state index in [2.05, 4.69) is 82.4 Å². The number of carbonyl (C=O) groups excluding carboxylic acids is 10. The molecule has 0 aliphatic carbocycles. The van der Waals surface area contributed by atoms with Gasteiger partial charge >= 0.3 is 379 Å². The molecule has 0 radical (unpaired) electrons. The van der Waals surface area contributed by atoms with Gasteiger partial charge in [-0.1, -0.05) is 21.6 Å². The molecular weight excluding hydrogens is 1720 g/mol. The fraction of sp³-hybridized carbons (Fsp3) is 0.412. The van der Waals surface area contributed by atoms with Gasteiger partial charge in [-0.25, -0.2) is 14.8 Å². The molecule has 0 fully saturated rings. The summed E-state index contributed by atoms with van der Waals surface area (Å²) in [6.07, 6.45) is -0.593. The Bertz CT molecular complexity index is 5100. The molecule has 0 saturated carbocycles. The van der Waals surface area contributed by atoms with Crippen molar-refractivity contribution in [1.29, 1.82) is 0 Å². The zero-order valence-electron chi connectivity index (χ0n) is 68.5. The molecule has 4 aromatic heterocycles. The number of rotatable bonds is 56. The predicted molar refractivity (Wildman–Crippen MR) is 462 cm³/mol. The van der Waals surface area contributed by atoms with Crippen molar-refractivity contribution in [1.82, 2.24) is 77.1 Å². The first kappa shape index (κ1) is 101. The number of ketones is 3. The molecule has 16 N–H and O–H groups in total. The Labute approximate surface area is 737 Å². The number of nitrogens with two attached hydrogens (primary N) is 1. The van der Waals surface area contributed by atoms with Gasteiger partial charge in [0.25, 0.3) is 11.5 Å². The topological polar surface area (TPSA) is 637 Å². The molecule has 7 rings (SSSR count). The number of fused-ring (bicyclic) bond motifs is 1. The molecule has 666 valence electrons. The Hall–Kier alpha value is -12.6. The number of nitrogens with zero attached hydrogens (tertiary/aromatic N) is 7. The number of amides is 7. The summed E-state index contributed by atoms with van der Waals surface area (Å²) in [5, 5.41) is 70.9. The summed E-state index contributed by atoms with van der Waals surface area (Å²) in [6.45, 7) is 7.56. The predicted octanol–water partition coefficient (Wildman–Crippen LogP) is 3.58. The summed E-state index contributed by atoms with van der Waals surface area (Å²) in [5.74, 6) is -25.0. The second-order valence-corrected chi connectivity index (χ2v) is 34.8. The van der Waals surface area contributed by atoms with Crippen LogP contribution in [0.25, 0.3) is 11.2 Å². The van der Waals surface area contributed by atoms with E-state index in [4.69, 9.17) is 5.73 Å². The molecule has 46 heteroatoms. The number of carboxylic acid groups (broad SMARTS) is 5. The van der Waals surface area contributed by atoms with Gasteiger partial charge in [0.1, 0.15) is 11.8 Å². The number of Topliss-reactive ketones (excluding diaryl/α,β-unsaturated/α-hetero) is 3. The third-order valence-electron chi connectivity index (χ3n) is 18.7. The third-order valence-corrected chi connectivity index (χ3v) is 23.5. The fourth-order valence-corrected chi connectivity index (χ4v) is 16.8. The summed E-state index contributed by atoms with van der Waals surface area (Å²) < 4.78 is 23.7. The number of H-pyrrole nitrogens is 1. The van der Waals surface area contributed by atoms with Gasteiger partial charge in [-0.05, 0) is 30.7 Å². The van der Waals surface area contributed by atoms with Gasteiger partial charge in [0.2, 0.25) is 17.8 Å². The zero-order valence-corrected chi connectivity index (χ0v) is 71.8. The van der Waals surface area contributed by atoms with Crippen molar-refractivity contribution in [3.8, 4) is 0 Å². The van der Waals surface area contributed by atoms with Crippen LogP contribution in [0, 0.1) is 29.6 Å². The Balaban J connectivity index is 1.00. The van der Waals surface area contributed by atoms with E-state index in [1.165, 1.54) is 42.9 Å². The van der Waals surface area contributed by atoms with E-state index >= 15 is 0 Å². The van der Waals surface area contributed by atoms with Gasteiger partial charge in [0, 0.05) is 48.4 Å². The Kier molecular flexibility index (Phi) is 40.7. The molecule has 3 aromatic carbocycles. The number of hydrogen-bond donors (Lipinski definition) is 15. The second kappa shape index (κ2) is 51.0. The average molecular weight is 1810 g/mol. The van der Waals surface area contributed by atoms with Gasteiger partial charge in [-0.15, -0.1) is 0 Å². The summed E-state index contributed by atoms with van der Waals surface area (Å²) in [5.41, 5.74) is 7.33. The van der Waals surface area contributed by atoms with Crippen LogP contribution in [0.1, 0.15) is 151 Å². The second-order valence-electron chi connectivity index (χ2n) is 29.8. The Morgan fingerprint density at radius 2 is 0.913 bits per heavy atom. The maximum atomic E-state index is 14.5. The van der Waals surface area contributed by atoms with Crippen molar-refractivity contribution in [2.45, 2.75) is 165 Å². The number of aromatic amines is 1. The van der Waals surface area contributed by atoms with Crippen LogP contribution < -0.4 is 53.8 Å². The number of benzene rings is 3. The number of nitrogens with one attached hydrogen (secondary N) is 9. The average Bonchev–Trinajstić information content (AvgIpc) is 0.809. The van der Waals surface area contributed by atoms with Crippen LogP contribution in [0.2, 0.25) is 0 Å². The third kappa shape index (κ3) is 34.5. The monoisotopic (exact) mass is 1810 g/mol. The maximum absolute atomic E-state index is 14.5. The molecule has 7 amide bonds. The van der Waals surface area contributed by atoms with Gasteiger partial charge in [0.05, 0.1) is 67.5 Å². The van der Waals surface area contributed by atoms with Crippen LogP contribution in [-0.2, 0) is 97.8 Å². The molecule has 0 bridgehead atoms. The SMILES string of the molecule is CC(C)C[C@@H](B=O)NC(=O)[C@H](Cc1ccccc1)NC(=O)c1cnc(CSSC[C@H](CC(=O)[C@H](CC(=O)O)NC(=O)[C@H](CC(=O)O)CC(=O)[C@H](CC(=O)O)NC(=O)[C@H](CSSCc2cnc(C(=O)N[C@@H](Cc3ccccc3)C(=O)N[C@H](B=O)CC(C)C)cn2)CC(=O)CC[C@H](NC(=O)c2ccc(NCc3cnc4nc(N)[nH]c(=O)c4n3)cc2)C(=O)O)C(=O)O)cn1. The molecule has 40 nitrogen and oxygen atoms in total. The summed E-state index contributed by atoms with van der Waals surface area (Å²) in [4.78, 5) is 245. The standard InChI is InChI=1S/C80H93B2N17O23S4/c1-41(2)21-63(81-121)96-73(112)57(23-43-11-7-5-8-12-43)94-75(114)59-35-85-51(33-87-59)39-125-123-37-47(25-53(100)19-20-54(79(119)120)91-70(109)45-15-17-49(18-16-45)84-31-50-32-89-69-68(90-50)77(116)99-80(83)98-69)72(111)93-55(29-66(105)106)61(101)26-46(28-65(103)104)71(110)92-56(30-67(107)108)62(102)27-48(78(117)118)38-124-126-40-52-34-88-60(36-86-52)76(115)95-58(24-44-13-9-6-10-14-44)74(113)97-64(82-122)22-42(3)4/h5-18,32-36,41-42,46-48,54-58,63-64,84H,19-31,37-40H2,1-4H3,(H,91,109)(H,92,110)(H,93,111)(H,94,114)(H,95,115)(H,96,112)(H,97,113)(H,103,104)(H,105,106)(H,107,108)(H,117,118)(H,119,120)(H3,83,89,98,99,116)/t46-,47-,48-,54-,55-,56-,57-,58-,63-,64-/m0/s1. The number of aromatic nitrogens is 8. The summed E-state index contributed by atoms with van der Waals surface area (Å²) in [6, 6.07) is 15.1. The number of nitrogen functional groups attached to an aromatic ring is 1. The zero-order chi connectivity index (χ0) is 92.1. The molecule has 0 unspecified atom stereocenters. The molecule has 7 aromatic rings. The van der Waals surface area contributed by atoms with Crippen LogP contribution in [-0.4, -0.2) is 222 Å². The molecular formula is C80H93B2N17O23S4. The van der Waals surface area contributed by atoms with Crippen LogP contribution in [0.15, 0.2) is 121 Å². The van der Waals surface area contributed by atoms with Gasteiger partial charge in [-0.3, -0.25) is 57.7 Å². The first-order valence-electron chi connectivity index (χ1n) is 39.3. The van der Waals surface area contributed by atoms with E-state index in [9.17, 15) is 112 Å². The molecule has 0 aliphatic heterocycles. The van der Waals surface area contributed by atoms with Gasteiger partial charge in [0.15, 0.2) is 22.7 Å². The van der Waals surface area contributed by atoms with Crippen molar-refractivity contribution >= 4 is 169 Å². The summed E-state index contributed by atoms with van der Waals surface area (Å²) >= 11 is 0. The van der Waals surface area contributed by atoms with Crippen LogP contribution >= 0.6 is 43.2 Å². The quantitative estimate of drug-likeness (QED) is 0.0147. The van der Waals surface area contributed by atoms with E-state index in [1.807, 2.05) is 27.7 Å². The Morgan fingerprint density at radius 3 is 1.36 bits per heavy atom. The van der Waals surface area contributed by atoms with Crippen molar-refractivity contribution < 1.29 is 107 Å². The molecule has 0 aliphatic rings. The number of carboxylic acids is 5. The van der Waals surface area contributed by atoms with Crippen molar-refractivity contribution in [3.05, 3.63) is 171 Å². The van der Waals surface area contributed by atoms with Crippen molar-refractivity contribution in [2.75, 3.05) is 22.6 Å². The fourth-order valence-electron chi connectivity index (χ4n) is 12.3. The number of aliphatic carboxylic acids is 5. The first-order chi connectivity index (χ1) is 60.0. The van der Waals surface area contributed by atoms with E-state index in [-0.39, 0.29) is 94.0 Å². The van der Waals surface area contributed by atoms with Crippen molar-refractivity contribution in [3.63, 3.8) is 0 Å². The van der Waals surface area contributed by atoms with E-state index in [0.29, 0.717) is 55.3 Å². The van der Waals surface area contributed by atoms with Gasteiger partial charge < -0.3 is 52.5 Å². The minimum absolute atomic E-state index is 0.000677. The molecule has 10 atom stereocenters. The summed E-state index contributed by atoms with van der Waals surface area (Å²) in [7, 11) is 5.21. The number of hydrogen-bond acceptors (Lipinski definition) is 31. The van der Waals surface area contributed by atoms with Crippen molar-refractivity contribution in [2.24, 2.45) is 29.6 Å². The van der Waals surface area contributed by atoms with Gasteiger partial charge in [-0.2, -0.15) is 4.98 Å². The molecule has 0 saturated heterocycles. The van der Waals surface area contributed by atoms with Crippen LogP contribution in [0.3, 0.4) is 0 Å². The van der Waals surface area contributed by atoms with Crippen LogP contribution in [0.5, 0.6) is 0 Å². The van der Waals surface area contributed by atoms with E-state index in [0.717, 1.165) is 55.6 Å². The first-order valence-corrected chi connectivity index (χ1v) is 44.3. The normalized spacial score (nSPS) is 13.5. The Morgan fingerprint density at radius 1 is 0.452 bits per heavy atom. The molecule has 4 heterocycles. The molecule has 0 spiro atoms. The van der Waals surface area contributed by atoms with Crippen LogP contribution in [0.4, 0.5) is 11.6 Å². The minimum atomic E-state index is -2.09. The van der Waals surface area contributed by atoms with E-state index in [1.54, 1.807) is 60.7 Å². The molecule has 126 heavy (non-hydrogen) atoms.